The van der Waals surface area contributed by atoms with Gasteiger partial charge < -0.3 is 20.5 Å². The molecule has 11 heteroatoms. The summed E-state index contributed by atoms with van der Waals surface area (Å²) in [4.78, 5) is 51.3. The van der Waals surface area contributed by atoms with Gasteiger partial charge >= 0.3 is 0 Å². The van der Waals surface area contributed by atoms with Crippen molar-refractivity contribution < 1.29 is 23.2 Å². The highest BCUT2D eigenvalue weighted by Crippen LogP contribution is 2.35. The SMILES string of the molecule is O=C(CCNC(=O)c1cccn(Cc2ccc(F)c(F)c2)c1=O)Nc1ccc2c(c1)C(=Cc1cccs1)C(=O)N2. The number of pyridine rings is 1. The van der Waals surface area contributed by atoms with E-state index in [9.17, 15) is 28.0 Å². The van der Waals surface area contributed by atoms with Crippen LogP contribution in [0.5, 0.6) is 0 Å². The van der Waals surface area contributed by atoms with Gasteiger partial charge in [0.1, 0.15) is 5.56 Å². The Morgan fingerprint density at radius 3 is 2.62 bits per heavy atom. The van der Waals surface area contributed by atoms with Gasteiger partial charge in [0.25, 0.3) is 17.4 Å². The molecule has 5 rings (SSSR count). The first-order valence-corrected chi connectivity index (χ1v) is 13.1. The normalized spacial score (nSPS) is 13.2. The fourth-order valence-electron chi connectivity index (χ4n) is 4.20. The van der Waals surface area contributed by atoms with Crippen LogP contribution in [-0.4, -0.2) is 28.8 Å². The van der Waals surface area contributed by atoms with Gasteiger partial charge in [-0.2, -0.15) is 0 Å². The molecule has 40 heavy (non-hydrogen) atoms. The largest absolute Gasteiger partial charge is 0.351 e. The highest BCUT2D eigenvalue weighted by Gasteiger charge is 2.24. The Morgan fingerprint density at radius 2 is 1.85 bits per heavy atom. The zero-order chi connectivity index (χ0) is 28.2. The molecule has 8 nitrogen and oxygen atoms in total. The molecule has 1 aliphatic rings. The van der Waals surface area contributed by atoms with Gasteiger partial charge in [0.05, 0.1) is 12.1 Å². The van der Waals surface area contributed by atoms with Crippen LogP contribution in [0.3, 0.4) is 0 Å². The van der Waals surface area contributed by atoms with Gasteiger partial charge in [-0.25, -0.2) is 8.78 Å². The molecule has 3 N–H and O–H groups in total. The number of nitrogens with one attached hydrogen (secondary N) is 3. The molecular weight excluding hydrogens is 538 g/mol. The zero-order valence-corrected chi connectivity index (χ0v) is 21.7. The number of hydrogen-bond acceptors (Lipinski definition) is 5. The molecule has 3 amide bonds. The summed E-state index contributed by atoms with van der Waals surface area (Å²) in [7, 11) is 0. The van der Waals surface area contributed by atoms with Crippen LogP contribution in [-0.2, 0) is 16.1 Å². The summed E-state index contributed by atoms with van der Waals surface area (Å²) in [6, 6.07) is 15.0. The molecule has 0 atom stereocenters. The van der Waals surface area contributed by atoms with E-state index < -0.39 is 23.1 Å². The Balaban J connectivity index is 1.18. The lowest BCUT2D eigenvalue weighted by molar-refractivity contribution is -0.116. The van der Waals surface area contributed by atoms with Crippen LogP contribution >= 0.6 is 11.3 Å². The third-order valence-corrected chi connectivity index (χ3v) is 6.97. The molecule has 3 heterocycles. The van der Waals surface area contributed by atoms with Gasteiger partial charge in [-0.1, -0.05) is 12.1 Å². The third kappa shape index (κ3) is 5.89. The molecule has 0 radical (unpaired) electrons. The van der Waals surface area contributed by atoms with E-state index in [0.29, 0.717) is 28.1 Å². The molecule has 4 aromatic rings. The fourth-order valence-corrected chi connectivity index (χ4v) is 4.86. The molecule has 0 unspecified atom stereocenters. The highest BCUT2D eigenvalue weighted by atomic mass is 32.1. The predicted molar refractivity (Wildman–Crippen MR) is 149 cm³/mol. The minimum Gasteiger partial charge on any atom is -0.351 e. The smallest absolute Gasteiger partial charge is 0.263 e. The maximum Gasteiger partial charge on any atom is 0.263 e. The number of carbonyl (C=O) groups excluding carboxylic acids is 3. The Labute approximate surface area is 231 Å². The van der Waals surface area contributed by atoms with Crippen molar-refractivity contribution in [2.24, 2.45) is 0 Å². The summed E-state index contributed by atoms with van der Waals surface area (Å²) in [5, 5.41) is 10.0. The van der Waals surface area contributed by atoms with Gasteiger partial charge in [-0.3, -0.25) is 19.2 Å². The molecule has 0 aliphatic carbocycles. The minimum atomic E-state index is -1.03. The van der Waals surface area contributed by atoms with Crippen LogP contribution in [0.1, 0.15) is 32.8 Å². The molecule has 0 fully saturated rings. The number of halogens is 2. The predicted octanol–water partition coefficient (Wildman–Crippen LogP) is 4.49. The number of fused-ring (bicyclic) bond motifs is 1. The van der Waals surface area contributed by atoms with Crippen molar-refractivity contribution in [3.63, 3.8) is 0 Å². The number of benzene rings is 2. The van der Waals surface area contributed by atoms with Crippen LogP contribution in [0.4, 0.5) is 20.2 Å². The molecule has 2 aromatic carbocycles. The topological polar surface area (TPSA) is 109 Å². The average Bonchev–Trinajstić information content (AvgIpc) is 3.55. The second kappa shape index (κ2) is 11.5. The van der Waals surface area contributed by atoms with Gasteiger partial charge in [-0.05, 0) is 65.6 Å². The van der Waals surface area contributed by atoms with E-state index in [4.69, 9.17) is 0 Å². The van der Waals surface area contributed by atoms with Crippen molar-refractivity contribution in [3.8, 4) is 0 Å². The lowest BCUT2D eigenvalue weighted by Crippen LogP contribution is -2.34. The summed E-state index contributed by atoms with van der Waals surface area (Å²) in [5.74, 6) is -3.28. The van der Waals surface area contributed by atoms with Crippen molar-refractivity contribution in [2.75, 3.05) is 17.2 Å². The Kier molecular flexibility index (Phi) is 7.65. The maximum absolute atomic E-state index is 13.5. The quantitative estimate of drug-likeness (QED) is 0.276. The zero-order valence-electron chi connectivity index (χ0n) is 20.9. The third-order valence-electron chi connectivity index (χ3n) is 6.16. The van der Waals surface area contributed by atoms with E-state index in [1.807, 2.05) is 17.5 Å². The van der Waals surface area contributed by atoms with E-state index in [1.165, 1.54) is 40.3 Å². The van der Waals surface area contributed by atoms with Crippen molar-refractivity contribution in [1.82, 2.24) is 9.88 Å². The van der Waals surface area contributed by atoms with E-state index >= 15 is 0 Å². The number of rotatable bonds is 8. The second-order valence-electron chi connectivity index (χ2n) is 8.95. The first kappa shape index (κ1) is 26.7. The van der Waals surface area contributed by atoms with E-state index in [2.05, 4.69) is 16.0 Å². The standard InChI is InChI=1S/C29H22F2N4O4S/c30-23-7-5-17(13-24(23)31)16-35-11-1-4-20(29(35)39)27(37)32-10-9-26(36)33-18-6-8-25-21(14-18)22(28(38)34-25)15-19-3-2-12-40-19/h1-8,11-15H,9-10,16H2,(H,32,37)(H,33,36)(H,34,38). The van der Waals surface area contributed by atoms with Crippen molar-refractivity contribution >= 4 is 52.1 Å². The van der Waals surface area contributed by atoms with Gasteiger partial charge in [0.2, 0.25) is 5.91 Å². The molecule has 0 saturated carbocycles. The Morgan fingerprint density at radius 1 is 1.00 bits per heavy atom. The highest BCUT2D eigenvalue weighted by molar-refractivity contribution is 7.11. The summed E-state index contributed by atoms with van der Waals surface area (Å²) in [5.41, 5.74) is 1.92. The Hall–Kier alpha value is -4.90. The summed E-state index contributed by atoms with van der Waals surface area (Å²) < 4.78 is 27.9. The van der Waals surface area contributed by atoms with Crippen LogP contribution in [0, 0.1) is 11.6 Å². The molecule has 2 aromatic heterocycles. The van der Waals surface area contributed by atoms with Crippen LogP contribution < -0.4 is 21.5 Å². The van der Waals surface area contributed by atoms with Crippen LogP contribution in [0.15, 0.2) is 77.0 Å². The van der Waals surface area contributed by atoms with Gasteiger partial charge in [-0.15, -0.1) is 11.3 Å². The molecule has 202 valence electrons. The summed E-state index contributed by atoms with van der Waals surface area (Å²) >= 11 is 1.51. The number of aromatic nitrogens is 1. The molecule has 0 bridgehead atoms. The minimum absolute atomic E-state index is 0.0311. The van der Waals surface area contributed by atoms with Crippen molar-refractivity contribution in [3.05, 3.63) is 116 Å². The van der Waals surface area contributed by atoms with Gasteiger partial charge in [0, 0.05) is 41.0 Å². The molecule has 1 aliphatic heterocycles. The number of nitrogens with zero attached hydrogens (tertiary/aromatic N) is 1. The van der Waals surface area contributed by atoms with Crippen molar-refractivity contribution in [1.29, 1.82) is 0 Å². The number of carbonyl (C=O) groups is 3. The van der Waals surface area contributed by atoms with Crippen LogP contribution in [0.25, 0.3) is 11.6 Å². The fraction of sp³-hybridized carbons (Fsp3) is 0.103. The molecular formula is C29H22F2N4O4S. The lowest BCUT2D eigenvalue weighted by Gasteiger charge is -2.10. The first-order valence-electron chi connectivity index (χ1n) is 12.2. The first-order chi connectivity index (χ1) is 19.3. The lowest BCUT2D eigenvalue weighted by atomic mass is 10.1. The number of amides is 3. The monoisotopic (exact) mass is 560 g/mol. The average molecular weight is 561 g/mol. The number of thiophene rings is 1. The van der Waals surface area contributed by atoms with E-state index in [0.717, 1.165) is 17.0 Å². The molecule has 0 spiro atoms. The molecule has 0 saturated heterocycles. The van der Waals surface area contributed by atoms with Crippen molar-refractivity contribution in [2.45, 2.75) is 13.0 Å². The Bertz CT molecular complexity index is 1710. The second-order valence-corrected chi connectivity index (χ2v) is 9.92. The number of anilines is 2. The van der Waals surface area contributed by atoms with Gasteiger partial charge in [0.15, 0.2) is 11.6 Å². The number of hydrogen-bond donors (Lipinski definition) is 3. The summed E-state index contributed by atoms with van der Waals surface area (Å²) in [6.45, 7) is -0.0810. The van der Waals surface area contributed by atoms with E-state index in [-0.39, 0.29) is 36.9 Å². The summed E-state index contributed by atoms with van der Waals surface area (Å²) in [6.07, 6.45) is 3.17. The maximum atomic E-state index is 13.5. The van der Waals surface area contributed by atoms with E-state index in [1.54, 1.807) is 24.3 Å². The van der Waals surface area contributed by atoms with Crippen LogP contribution in [0.2, 0.25) is 0 Å².